The highest BCUT2D eigenvalue weighted by Gasteiger charge is 2.10. The maximum absolute atomic E-state index is 3.52. The van der Waals surface area contributed by atoms with Gasteiger partial charge in [0.15, 0.2) is 0 Å². The number of nitrogens with one attached hydrogen (secondary N) is 2. The molecule has 0 saturated carbocycles. The molecule has 1 unspecified atom stereocenters. The molecule has 0 aromatic rings. The van der Waals surface area contributed by atoms with Crippen molar-refractivity contribution >= 4 is 0 Å². The second kappa shape index (κ2) is 6.41. The highest BCUT2D eigenvalue weighted by Crippen LogP contribution is 1.99. The van der Waals surface area contributed by atoms with E-state index in [1.165, 1.54) is 6.42 Å². The van der Waals surface area contributed by atoms with Gasteiger partial charge in [-0.25, -0.2) is 0 Å². The first kappa shape index (κ1) is 13.9. The van der Waals surface area contributed by atoms with E-state index in [0.29, 0.717) is 6.04 Å². The fourth-order valence-electron chi connectivity index (χ4n) is 1.15. The molecule has 14 heavy (non-hydrogen) atoms. The Labute approximate surface area is 89.9 Å². The zero-order chi connectivity index (χ0) is 11.2. The van der Waals surface area contributed by atoms with Crippen LogP contribution in [0.2, 0.25) is 0 Å². The molecule has 0 aromatic carbocycles. The van der Waals surface area contributed by atoms with E-state index in [2.05, 4.69) is 52.2 Å². The SMILES string of the molecule is CC(C)CCNC(C)CNC(C)(C)C. The van der Waals surface area contributed by atoms with Crippen LogP contribution >= 0.6 is 0 Å². The average molecular weight is 200 g/mol. The zero-order valence-electron chi connectivity index (χ0n) is 10.8. The minimum Gasteiger partial charge on any atom is -0.313 e. The molecule has 0 aliphatic heterocycles. The van der Waals surface area contributed by atoms with Gasteiger partial charge in [-0.05, 0) is 46.6 Å². The maximum Gasteiger partial charge on any atom is 0.0164 e. The average Bonchev–Trinajstić information content (AvgIpc) is 1.99. The van der Waals surface area contributed by atoms with Gasteiger partial charge in [0.25, 0.3) is 0 Å². The Morgan fingerprint density at radius 3 is 2.07 bits per heavy atom. The third-order valence-electron chi connectivity index (χ3n) is 2.15. The Morgan fingerprint density at radius 2 is 1.64 bits per heavy atom. The molecule has 1 atom stereocenters. The molecule has 0 bridgehead atoms. The Bertz CT molecular complexity index is 136. The van der Waals surface area contributed by atoms with Crippen LogP contribution in [-0.4, -0.2) is 24.7 Å². The van der Waals surface area contributed by atoms with Crippen LogP contribution in [0.1, 0.15) is 48.0 Å². The van der Waals surface area contributed by atoms with Crippen LogP contribution in [0.4, 0.5) is 0 Å². The third-order valence-corrected chi connectivity index (χ3v) is 2.15. The second-order valence-electron chi connectivity index (χ2n) is 5.67. The minimum absolute atomic E-state index is 0.230. The van der Waals surface area contributed by atoms with Gasteiger partial charge in [0.05, 0.1) is 0 Å². The first-order chi connectivity index (χ1) is 6.31. The molecule has 0 aromatic heterocycles. The van der Waals surface area contributed by atoms with Crippen molar-refractivity contribution in [1.29, 1.82) is 0 Å². The Balaban J connectivity index is 3.42. The summed E-state index contributed by atoms with van der Waals surface area (Å²) in [6.45, 7) is 15.5. The van der Waals surface area contributed by atoms with Crippen molar-refractivity contribution in [2.24, 2.45) is 5.92 Å². The van der Waals surface area contributed by atoms with E-state index < -0.39 is 0 Å². The summed E-state index contributed by atoms with van der Waals surface area (Å²) in [6.07, 6.45) is 1.26. The zero-order valence-corrected chi connectivity index (χ0v) is 10.8. The molecule has 0 aliphatic carbocycles. The fraction of sp³-hybridized carbons (Fsp3) is 1.00. The van der Waals surface area contributed by atoms with Gasteiger partial charge in [0.1, 0.15) is 0 Å². The van der Waals surface area contributed by atoms with Crippen LogP contribution in [0, 0.1) is 5.92 Å². The lowest BCUT2D eigenvalue weighted by Gasteiger charge is -2.24. The smallest absolute Gasteiger partial charge is 0.0164 e. The monoisotopic (exact) mass is 200 g/mol. The molecule has 2 heteroatoms. The van der Waals surface area contributed by atoms with Gasteiger partial charge < -0.3 is 10.6 Å². The first-order valence-electron chi connectivity index (χ1n) is 5.79. The van der Waals surface area contributed by atoms with Crippen LogP contribution in [-0.2, 0) is 0 Å². The third kappa shape index (κ3) is 10.0. The van der Waals surface area contributed by atoms with Crippen LogP contribution in [0.25, 0.3) is 0 Å². The fourth-order valence-corrected chi connectivity index (χ4v) is 1.15. The van der Waals surface area contributed by atoms with E-state index in [0.717, 1.165) is 19.0 Å². The molecule has 0 heterocycles. The lowest BCUT2D eigenvalue weighted by atomic mass is 10.1. The summed E-state index contributed by atoms with van der Waals surface area (Å²) < 4.78 is 0. The quantitative estimate of drug-likeness (QED) is 0.688. The van der Waals surface area contributed by atoms with Crippen molar-refractivity contribution in [3.05, 3.63) is 0 Å². The van der Waals surface area contributed by atoms with Crippen molar-refractivity contribution in [3.63, 3.8) is 0 Å². The molecule has 0 radical (unpaired) electrons. The van der Waals surface area contributed by atoms with Gasteiger partial charge in [-0.1, -0.05) is 13.8 Å². The molecule has 0 amide bonds. The van der Waals surface area contributed by atoms with E-state index in [-0.39, 0.29) is 5.54 Å². The van der Waals surface area contributed by atoms with E-state index >= 15 is 0 Å². The molecule has 0 aliphatic rings. The van der Waals surface area contributed by atoms with Crippen molar-refractivity contribution in [2.75, 3.05) is 13.1 Å². The Hall–Kier alpha value is -0.0800. The Kier molecular flexibility index (Phi) is 6.38. The number of hydrogen-bond donors (Lipinski definition) is 2. The molecule has 0 rings (SSSR count). The van der Waals surface area contributed by atoms with Gasteiger partial charge in [-0.2, -0.15) is 0 Å². The van der Waals surface area contributed by atoms with E-state index in [1.807, 2.05) is 0 Å². The molecule has 86 valence electrons. The number of rotatable bonds is 6. The van der Waals surface area contributed by atoms with Gasteiger partial charge in [0.2, 0.25) is 0 Å². The van der Waals surface area contributed by atoms with Gasteiger partial charge in [-0.15, -0.1) is 0 Å². The molecule has 0 spiro atoms. The molecule has 0 saturated heterocycles. The summed E-state index contributed by atoms with van der Waals surface area (Å²) in [5.41, 5.74) is 0.230. The van der Waals surface area contributed by atoms with Crippen LogP contribution in [0.3, 0.4) is 0 Å². The lowest BCUT2D eigenvalue weighted by Crippen LogP contribution is -2.44. The van der Waals surface area contributed by atoms with E-state index in [4.69, 9.17) is 0 Å². The molecular formula is C12H28N2. The Morgan fingerprint density at radius 1 is 1.07 bits per heavy atom. The highest BCUT2D eigenvalue weighted by molar-refractivity contribution is 4.74. The van der Waals surface area contributed by atoms with Gasteiger partial charge >= 0.3 is 0 Å². The van der Waals surface area contributed by atoms with Crippen LogP contribution < -0.4 is 10.6 Å². The maximum atomic E-state index is 3.52. The van der Waals surface area contributed by atoms with Crippen molar-refractivity contribution in [1.82, 2.24) is 10.6 Å². The van der Waals surface area contributed by atoms with E-state index in [1.54, 1.807) is 0 Å². The summed E-state index contributed by atoms with van der Waals surface area (Å²) in [7, 11) is 0. The second-order valence-corrected chi connectivity index (χ2v) is 5.67. The lowest BCUT2D eigenvalue weighted by molar-refractivity contribution is 0.382. The largest absolute Gasteiger partial charge is 0.313 e. The summed E-state index contributed by atoms with van der Waals surface area (Å²) >= 11 is 0. The minimum atomic E-state index is 0.230. The normalized spacial score (nSPS) is 14.8. The van der Waals surface area contributed by atoms with Crippen LogP contribution in [0.5, 0.6) is 0 Å². The topological polar surface area (TPSA) is 24.1 Å². The molecule has 0 fully saturated rings. The van der Waals surface area contributed by atoms with Crippen molar-refractivity contribution in [3.8, 4) is 0 Å². The summed E-state index contributed by atoms with van der Waals surface area (Å²) in [5.74, 6) is 0.797. The molecule has 2 N–H and O–H groups in total. The summed E-state index contributed by atoms with van der Waals surface area (Å²) in [6, 6.07) is 0.563. The standard InChI is InChI=1S/C12H28N2/c1-10(2)7-8-13-11(3)9-14-12(4,5)6/h10-11,13-14H,7-9H2,1-6H3. The van der Waals surface area contributed by atoms with Gasteiger partial charge in [0, 0.05) is 18.1 Å². The number of hydrogen-bond acceptors (Lipinski definition) is 2. The summed E-state index contributed by atoms with van der Waals surface area (Å²) in [4.78, 5) is 0. The first-order valence-corrected chi connectivity index (χ1v) is 5.79. The summed E-state index contributed by atoms with van der Waals surface area (Å²) in [5, 5.41) is 7.02. The highest BCUT2D eigenvalue weighted by atomic mass is 15.0. The molecular weight excluding hydrogens is 172 g/mol. The van der Waals surface area contributed by atoms with E-state index in [9.17, 15) is 0 Å². The predicted molar refractivity (Wildman–Crippen MR) is 64.7 cm³/mol. The molecule has 2 nitrogen and oxygen atoms in total. The van der Waals surface area contributed by atoms with Gasteiger partial charge in [-0.3, -0.25) is 0 Å². The predicted octanol–water partition coefficient (Wildman–Crippen LogP) is 2.40. The van der Waals surface area contributed by atoms with Crippen molar-refractivity contribution in [2.45, 2.75) is 59.5 Å². The van der Waals surface area contributed by atoms with Crippen molar-refractivity contribution < 1.29 is 0 Å². The van der Waals surface area contributed by atoms with Crippen LogP contribution in [0.15, 0.2) is 0 Å².